The highest BCUT2D eigenvalue weighted by molar-refractivity contribution is 7.26. The number of benzene rings is 7. The number of rotatable bonds is 6. The molecule has 0 spiro atoms. The van der Waals surface area contributed by atoms with Crippen LogP contribution in [-0.4, -0.2) is 4.98 Å². The van der Waals surface area contributed by atoms with Crippen LogP contribution in [0.2, 0.25) is 0 Å². The van der Waals surface area contributed by atoms with Crippen LogP contribution in [0.5, 0.6) is 0 Å². The minimum Gasteiger partial charge on any atom is -0.293 e. The van der Waals surface area contributed by atoms with Gasteiger partial charge in [-0.3, -0.25) is 4.90 Å². The Morgan fingerprint density at radius 2 is 1.02 bits per heavy atom. The van der Waals surface area contributed by atoms with Crippen LogP contribution in [0, 0.1) is 0 Å². The van der Waals surface area contributed by atoms with Gasteiger partial charge in [-0.15, -0.1) is 11.3 Å². The second kappa shape index (κ2) is 12.0. The van der Waals surface area contributed by atoms with Gasteiger partial charge in [-0.2, -0.15) is 0 Å². The molecule has 3 heteroatoms. The molecule has 9 aromatic rings. The minimum absolute atomic E-state index is 0.932. The topological polar surface area (TPSA) is 16.1 Å². The van der Waals surface area contributed by atoms with E-state index in [0.717, 1.165) is 22.8 Å². The molecule has 0 amide bonds. The number of hydrogen-bond acceptors (Lipinski definition) is 3. The number of thiophene rings is 1. The van der Waals surface area contributed by atoms with E-state index in [0.29, 0.717) is 0 Å². The fourth-order valence-corrected chi connectivity index (χ4v) is 8.01. The number of para-hydroxylation sites is 1. The van der Waals surface area contributed by atoms with Crippen molar-refractivity contribution in [2.24, 2.45) is 0 Å². The molecule has 0 unspecified atom stereocenters. The van der Waals surface area contributed by atoms with Crippen LogP contribution in [0.3, 0.4) is 0 Å². The van der Waals surface area contributed by atoms with Crippen molar-refractivity contribution in [3.05, 3.63) is 182 Å². The second-order valence-corrected chi connectivity index (χ2v) is 13.0. The zero-order valence-corrected chi connectivity index (χ0v) is 26.9. The van der Waals surface area contributed by atoms with Gasteiger partial charge in [0.05, 0.1) is 10.4 Å². The molecule has 0 saturated carbocycles. The Morgan fingerprint density at radius 3 is 1.75 bits per heavy atom. The zero-order valence-electron chi connectivity index (χ0n) is 26.1. The van der Waals surface area contributed by atoms with E-state index in [1.54, 1.807) is 0 Å². The van der Waals surface area contributed by atoms with E-state index < -0.39 is 0 Å². The Kier molecular flexibility index (Phi) is 7.03. The lowest BCUT2D eigenvalue weighted by Gasteiger charge is -2.27. The monoisotopic (exact) mass is 630 g/mol. The van der Waals surface area contributed by atoms with Gasteiger partial charge in [0.1, 0.15) is 0 Å². The summed E-state index contributed by atoms with van der Waals surface area (Å²) in [5.74, 6) is 0.932. The molecule has 7 aromatic carbocycles. The first-order chi connectivity index (χ1) is 23.8. The van der Waals surface area contributed by atoms with Crippen molar-refractivity contribution < 1.29 is 0 Å². The van der Waals surface area contributed by atoms with Gasteiger partial charge in [0.2, 0.25) is 0 Å². The van der Waals surface area contributed by atoms with Crippen molar-refractivity contribution >= 4 is 59.5 Å². The fourth-order valence-electron chi connectivity index (χ4n) is 6.81. The molecule has 2 heterocycles. The third-order valence-electron chi connectivity index (χ3n) is 9.15. The first kappa shape index (κ1) is 28.2. The van der Waals surface area contributed by atoms with Crippen molar-refractivity contribution in [3.8, 4) is 33.4 Å². The average Bonchev–Trinajstić information content (AvgIpc) is 3.56. The van der Waals surface area contributed by atoms with Crippen molar-refractivity contribution in [3.63, 3.8) is 0 Å². The summed E-state index contributed by atoms with van der Waals surface area (Å²) in [5.41, 5.74) is 9.28. The highest BCUT2D eigenvalue weighted by Gasteiger charge is 2.22. The lowest BCUT2D eigenvalue weighted by atomic mass is 9.99. The van der Waals surface area contributed by atoms with Gasteiger partial charge >= 0.3 is 0 Å². The summed E-state index contributed by atoms with van der Waals surface area (Å²) in [4.78, 5) is 7.46. The highest BCUT2D eigenvalue weighted by atomic mass is 32.1. The number of nitrogens with zero attached hydrogens (tertiary/aromatic N) is 2. The number of aromatic nitrogens is 1. The predicted molar refractivity (Wildman–Crippen MR) is 206 cm³/mol. The van der Waals surface area contributed by atoms with Crippen molar-refractivity contribution in [2.75, 3.05) is 4.90 Å². The normalized spacial score (nSPS) is 11.3. The molecule has 2 nitrogen and oxygen atoms in total. The summed E-state index contributed by atoms with van der Waals surface area (Å²) >= 11 is 1.82. The predicted octanol–water partition coefficient (Wildman–Crippen LogP) is 13.1. The molecule has 0 aliphatic carbocycles. The number of anilines is 3. The summed E-state index contributed by atoms with van der Waals surface area (Å²) in [6.45, 7) is 0. The summed E-state index contributed by atoms with van der Waals surface area (Å²) < 4.78 is 2.44. The van der Waals surface area contributed by atoms with Crippen LogP contribution in [0.4, 0.5) is 17.2 Å². The summed E-state index contributed by atoms with van der Waals surface area (Å²) in [6.07, 6.45) is 1.96. The van der Waals surface area contributed by atoms with E-state index >= 15 is 0 Å². The lowest BCUT2D eigenvalue weighted by molar-refractivity contribution is 1.21. The molecule has 0 atom stereocenters. The molecule has 2 aromatic heterocycles. The van der Waals surface area contributed by atoms with E-state index in [9.17, 15) is 0 Å². The molecular formula is C45H30N2S. The van der Waals surface area contributed by atoms with Crippen LogP contribution in [0.1, 0.15) is 0 Å². The quantitative estimate of drug-likeness (QED) is 0.182. The fraction of sp³-hybridized carbons (Fsp3) is 0. The molecule has 48 heavy (non-hydrogen) atoms. The molecule has 226 valence electrons. The van der Waals surface area contributed by atoms with Crippen LogP contribution in [0.15, 0.2) is 182 Å². The lowest BCUT2D eigenvalue weighted by Crippen LogP contribution is -2.12. The summed E-state index contributed by atoms with van der Waals surface area (Å²) in [7, 11) is 0. The molecular weight excluding hydrogens is 601 g/mol. The van der Waals surface area contributed by atoms with Gasteiger partial charge < -0.3 is 0 Å². The minimum atomic E-state index is 0.932. The number of hydrogen-bond donors (Lipinski definition) is 0. The molecule has 9 rings (SSSR count). The molecule has 0 aliphatic heterocycles. The van der Waals surface area contributed by atoms with Gasteiger partial charge in [0.15, 0.2) is 5.82 Å². The number of fused-ring (bicyclic) bond motifs is 5. The van der Waals surface area contributed by atoms with Gasteiger partial charge in [-0.1, -0.05) is 146 Å². The van der Waals surface area contributed by atoms with Gasteiger partial charge in [-0.05, 0) is 68.9 Å². The number of pyridine rings is 1. The molecule has 0 radical (unpaired) electrons. The zero-order chi connectivity index (χ0) is 31.9. The largest absolute Gasteiger partial charge is 0.293 e. The van der Waals surface area contributed by atoms with E-state index in [4.69, 9.17) is 4.98 Å². The second-order valence-electron chi connectivity index (χ2n) is 12.0. The van der Waals surface area contributed by atoms with Crippen LogP contribution in [-0.2, 0) is 0 Å². The van der Waals surface area contributed by atoms with E-state index in [1.807, 2.05) is 17.5 Å². The summed E-state index contributed by atoms with van der Waals surface area (Å²) in [6, 6.07) is 62.9. The van der Waals surface area contributed by atoms with Crippen LogP contribution >= 0.6 is 11.3 Å². The maximum absolute atomic E-state index is 5.13. The first-order valence-corrected chi connectivity index (χ1v) is 17.0. The maximum atomic E-state index is 5.13. The molecule has 0 aliphatic rings. The smallest absolute Gasteiger partial charge is 0.155 e. The standard InChI is InChI=1S/C45H30N2S/c1-3-11-31(12-4-1)32-19-21-33(22-20-32)34-23-26-37(27-24-34)47(41-18-10-9-16-38(41)35-13-5-2-6-14-35)45-44-40(29-30-46-45)43-39-17-8-7-15-36(39)25-28-42(43)48-44/h1-30H. The van der Waals surface area contributed by atoms with E-state index in [1.165, 1.54) is 58.8 Å². The van der Waals surface area contributed by atoms with Crippen molar-refractivity contribution in [1.82, 2.24) is 4.98 Å². The van der Waals surface area contributed by atoms with Crippen LogP contribution in [0.25, 0.3) is 64.3 Å². The van der Waals surface area contributed by atoms with Gasteiger partial charge in [-0.25, -0.2) is 4.98 Å². The van der Waals surface area contributed by atoms with E-state index in [-0.39, 0.29) is 0 Å². The van der Waals surface area contributed by atoms with Gasteiger partial charge in [0.25, 0.3) is 0 Å². The average molecular weight is 631 g/mol. The molecule has 0 bridgehead atoms. The molecule has 0 N–H and O–H groups in total. The third kappa shape index (κ3) is 4.93. The SMILES string of the molecule is c1ccc(-c2ccc(-c3ccc(N(c4ccccc4-c4ccccc4)c4nccc5c4sc4ccc6ccccc6c45)cc3)cc2)cc1. The first-order valence-electron chi connectivity index (χ1n) is 16.2. The Bertz CT molecular complexity index is 2540. The summed E-state index contributed by atoms with van der Waals surface area (Å²) in [5, 5.41) is 5.05. The Labute approximate surface area is 283 Å². The highest BCUT2D eigenvalue weighted by Crippen LogP contribution is 2.47. The van der Waals surface area contributed by atoms with E-state index in [2.05, 4.69) is 181 Å². The Hall–Kier alpha value is -6.03. The van der Waals surface area contributed by atoms with Crippen molar-refractivity contribution in [1.29, 1.82) is 0 Å². The van der Waals surface area contributed by atoms with Crippen molar-refractivity contribution in [2.45, 2.75) is 0 Å². The van der Waals surface area contributed by atoms with Gasteiger partial charge in [0, 0.05) is 32.9 Å². The Morgan fingerprint density at radius 1 is 0.438 bits per heavy atom. The third-order valence-corrected chi connectivity index (χ3v) is 10.3. The van der Waals surface area contributed by atoms with Crippen LogP contribution < -0.4 is 4.90 Å². The molecule has 0 saturated heterocycles. The Balaban J connectivity index is 1.21. The maximum Gasteiger partial charge on any atom is 0.155 e. The molecule has 0 fully saturated rings.